The van der Waals surface area contributed by atoms with Gasteiger partial charge in [-0.05, 0) is 19.9 Å². The lowest BCUT2D eigenvalue weighted by molar-refractivity contribution is -0.385. The minimum atomic E-state index is -1.63. The third kappa shape index (κ3) is 4.23. The van der Waals surface area contributed by atoms with Gasteiger partial charge >= 0.3 is 11.7 Å². The van der Waals surface area contributed by atoms with Gasteiger partial charge < -0.3 is 14.2 Å². The molecular formula is C13H16BrNO6. The maximum Gasteiger partial charge on any atom is 0.373 e. The van der Waals surface area contributed by atoms with Crippen molar-refractivity contribution in [3.05, 3.63) is 34.4 Å². The van der Waals surface area contributed by atoms with Crippen LogP contribution in [0.1, 0.15) is 13.8 Å². The third-order valence-corrected chi connectivity index (χ3v) is 3.24. The van der Waals surface area contributed by atoms with Gasteiger partial charge in [0.25, 0.3) is 5.79 Å². The summed E-state index contributed by atoms with van der Waals surface area (Å²) in [6, 6.07) is 5.61. The molecule has 0 unspecified atom stereocenters. The minimum absolute atomic E-state index is 0.0428. The van der Waals surface area contributed by atoms with Crippen LogP contribution in [0.2, 0.25) is 0 Å². The van der Waals surface area contributed by atoms with Crippen molar-refractivity contribution in [1.82, 2.24) is 0 Å². The molecule has 0 aliphatic rings. The van der Waals surface area contributed by atoms with Crippen molar-refractivity contribution in [3.8, 4) is 5.75 Å². The Morgan fingerprint density at radius 1 is 1.29 bits per heavy atom. The molecule has 0 amide bonds. The van der Waals surface area contributed by atoms with Crippen LogP contribution in [0.15, 0.2) is 24.3 Å². The number of alkyl halides is 1. The molecule has 0 aliphatic carbocycles. The highest BCUT2D eigenvalue weighted by molar-refractivity contribution is 9.09. The van der Waals surface area contributed by atoms with Gasteiger partial charge in [-0.1, -0.05) is 28.1 Å². The van der Waals surface area contributed by atoms with Crippen LogP contribution in [-0.2, 0) is 14.3 Å². The Morgan fingerprint density at radius 3 is 2.33 bits per heavy atom. The lowest BCUT2D eigenvalue weighted by Gasteiger charge is -2.28. The van der Waals surface area contributed by atoms with Gasteiger partial charge in [-0.15, -0.1) is 0 Å². The topological polar surface area (TPSA) is 87.9 Å². The fourth-order valence-electron chi connectivity index (χ4n) is 1.63. The fraction of sp³-hybridized carbons (Fsp3) is 0.462. The van der Waals surface area contributed by atoms with Crippen molar-refractivity contribution in [1.29, 1.82) is 0 Å². The van der Waals surface area contributed by atoms with E-state index in [9.17, 15) is 14.9 Å². The zero-order valence-electron chi connectivity index (χ0n) is 11.7. The molecule has 116 valence electrons. The predicted octanol–water partition coefficient (Wildman–Crippen LogP) is 2.66. The number of carbonyl (C=O) groups excluding carboxylic acids is 1. The Balaban J connectivity index is 3.04. The summed E-state index contributed by atoms with van der Waals surface area (Å²) in [6.45, 7) is 3.85. The van der Waals surface area contributed by atoms with E-state index in [4.69, 9.17) is 14.2 Å². The van der Waals surface area contributed by atoms with E-state index in [1.807, 2.05) is 0 Å². The van der Waals surface area contributed by atoms with Gasteiger partial charge in [0.1, 0.15) is 0 Å². The first-order valence-corrected chi connectivity index (χ1v) is 7.42. The van der Waals surface area contributed by atoms with Crippen molar-refractivity contribution >= 4 is 27.6 Å². The molecule has 8 heteroatoms. The quantitative estimate of drug-likeness (QED) is 0.176. The lowest BCUT2D eigenvalue weighted by Crippen LogP contribution is -2.49. The summed E-state index contributed by atoms with van der Waals surface area (Å²) in [5, 5.41) is 11.0. The zero-order valence-corrected chi connectivity index (χ0v) is 13.3. The van der Waals surface area contributed by atoms with Gasteiger partial charge in [0, 0.05) is 19.3 Å². The van der Waals surface area contributed by atoms with Crippen LogP contribution in [0.3, 0.4) is 0 Å². The summed E-state index contributed by atoms with van der Waals surface area (Å²) in [5.74, 6) is -2.64. The van der Waals surface area contributed by atoms with Crippen molar-refractivity contribution in [2.45, 2.75) is 19.6 Å². The summed E-state index contributed by atoms with van der Waals surface area (Å²) >= 11 is 3.15. The molecule has 1 rings (SSSR count). The maximum atomic E-state index is 12.3. The van der Waals surface area contributed by atoms with Gasteiger partial charge in [-0.2, -0.15) is 0 Å². The van der Waals surface area contributed by atoms with Crippen LogP contribution in [0, 0.1) is 10.1 Å². The average molecular weight is 362 g/mol. The molecule has 1 aromatic rings. The van der Waals surface area contributed by atoms with E-state index < -0.39 is 16.7 Å². The van der Waals surface area contributed by atoms with Crippen molar-refractivity contribution < 1.29 is 23.9 Å². The number of benzene rings is 1. The normalized spacial score (nSPS) is 11.2. The number of ether oxygens (including phenoxy) is 3. The third-order valence-electron chi connectivity index (χ3n) is 2.51. The molecule has 0 radical (unpaired) electrons. The standard InChI is InChI=1S/C13H16BrNO6/c1-3-19-13(9-14,20-4-2)12(16)21-11-8-6-5-7-10(11)15(17)18/h5-8H,3-4,9H2,1-2H3. The molecule has 0 saturated carbocycles. The summed E-state index contributed by atoms with van der Waals surface area (Å²) < 4.78 is 15.8. The van der Waals surface area contributed by atoms with E-state index >= 15 is 0 Å². The molecule has 0 fully saturated rings. The first-order chi connectivity index (χ1) is 10.0. The van der Waals surface area contributed by atoms with E-state index in [1.54, 1.807) is 13.8 Å². The number of nitro groups is 1. The van der Waals surface area contributed by atoms with Gasteiger partial charge in [0.05, 0.1) is 10.3 Å². The van der Waals surface area contributed by atoms with E-state index in [0.717, 1.165) is 0 Å². The Labute approximate surface area is 130 Å². The van der Waals surface area contributed by atoms with Gasteiger partial charge in [0.15, 0.2) is 0 Å². The largest absolute Gasteiger partial charge is 0.415 e. The number of nitro benzene ring substituents is 1. The van der Waals surface area contributed by atoms with Crippen molar-refractivity contribution in [2.75, 3.05) is 18.5 Å². The second kappa shape index (κ2) is 8.06. The number of nitrogens with zero attached hydrogens (tertiary/aromatic N) is 1. The summed E-state index contributed by atoms with van der Waals surface area (Å²) in [4.78, 5) is 22.6. The SMILES string of the molecule is CCOC(CBr)(OCC)C(=O)Oc1ccccc1[N+](=O)[O-]. The molecule has 1 aromatic carbocycles. The number of hydrogen-bond acceptors (Lipinski definition) is 6. The lowest BCUT2D eigenvalue weighted by atomic mass is 10.3. The Morgan fingerprint density at radius 2 is 1.86 bits per heavy atom. The predicted molar refractivity (Wildman–Crippen MR) is 78.5 cm³/mol. The molecular weight excluding hydrogens is 346 g/mol. The Kier molecular flexibility index (Phi) is 6.73. The molecule has 0 heterocycles. The second-order valence-electron chi connectivity index (χ2n) is 3.87. The molecule has 0 aromatic heterocycles. The molecule has 0 bridgehead atoms. The van der Waals surface area contributed by atoms with Gasteiger partial charge in [-0.25, -0.2) is 4.79 Å². The highest BCUT2D eigenvalue weighted by atomic mass is 79.9. The van der Waals surface area contributed by atoms with Crippen molar-refractivity contribution in [3.63, 3.8) is 0 Å². The Hall–Kier alpha value is -1.51. The van der Waals surface area contributed by atoms with Crippen molar-refractivity contribution in [2.24, 2.45) is 0 Å². The molecule has 0 atom stereocenters. The average Bonchev–Trinajstić information content (AvgIpc) is 2.47. The summed E-state index contributed by atoms with van der Waals surface area (Å²) in [7, 11) is 0. The highest BCUT2D eigenvalue weighted by Crippen LogP contribution is 2.28. The smallest absolute Gasteiger partial charge is 0.373 e. The van der Waals surface area contributed by atoms with Crippen LogP contribution in [0.4, 0.5) is 5.69 Å². The zero-order chi connectivity index (χ0) is 15.9. The van der Waals surface area contributed by atoms with Crippen LogP contribution in [-0.4, -0.2) is 35.2 Å². The number of halogens is 1. The van der Waals surface area contributed by atoms with Crippen LogP contribution < -0.4 is 4.74 Å². The van der Waals surface area contributed by atoms with Crippen LogP contribution >= 0.6 is 15.9 Å². The molecule has 0 saturated heterocycles. The molecule has 7 nitrogen and oxygen atoms in total. The summed E-state index contributed by atoms with van der Waals surface area (Å²) in [5.41, 5.74) is -0.303. The molecule has 0 N–H and O–H groups in total. The van der Waals surface area contributed by atoms with Gasteiger partial charge in [-0.3, -0.25) is 10.1 Å². The second-order valence-corrected chi connectivity index (χ2v) is 4.43. The van der Waals surface area contributed by atoms with E-state index in [1.165, 1.54) is 24.3 Å². The van der Waals surface area contributed by atoms with E-state index in [-0.39, 0.29) is 30.0 Å². The minimum Gasteiger partial charge on any atom is -0.415 e. The first-order valence-electron chi connectivity index (χ1n) is 6.30. The maximum absolute atomic E-state index is 12.3. The number of rotatable bonds is 8. The molecule has 0 aliphatic heterocycles. The monoisotopic (exact) mass is 361 g/mol. The summed E-state index contributed by atoms with van der Waals surface area (Å²) in [6.07, 6.45) is 0. The Bertz CT molecular complexity index is 501. The number of esters is 1. The van der Waals surface area contributed by atoms with E-state index in [0.29, 0.717) is 0 Å². The van der Waals surface area contributed by atoms with E-state index in [2.05, 4.69) is 15.9 Å². The number of hydrogen-bond donors (Lipinski definition) is 0. The fourth-order valence-corrected chi connectivity index (χ4v) is 2.18. The first kappa shape index (κ1) is 17.5. The molecule has 21 heavy (non-hydrogen) atoms. The number of para-hydroxylation sites is 2. The number of carbonyl (C=O) groups is 1. The van der Waals surface area contributed by atoms with Gasteiger partial charge in [0.2, 0.25) is 5.75 Å². The van der Waals surface area contributed by atoms with Crippen LogP contribution in [0.25, 0.3) is 0 Å². The highest BCUT2D eigenvalue weighted by Gasteiger charge is 2.42. The van der Waals surface area contributed by atoms with Crippen LogP contribution in [0.5, 0.6) is 5.75 Å². The molecule has 0 spiro atoms.